The van der Waals surface area contributed by atoms with Crippen molar-refractivity contribution in [3.63, 3.8) is 0 Å². The number of hydrogen-bond donors (Lipinski definition) is 1. The normalized spacial score (nSPS) is 19.7. The molecule has 0 saturated carbocycles. The molecule has 0 aliphatic carbocycles. The maximum atomic E-state index is 9.28. The van der Waals surface area contributed by atoms with Gasteiger partial charge < -0.3 is 9.94 Å². The first kappa shape index (κ1) is 15.7. The standard InChI is InChI=1S/C19H22N2O2/c22-20-18(16-7-3-1-4-8-16)11-12-21-13-14-23-19(15-21)17-9-5-2-6-10-17/h1-10,19,22H,11-15H2/b20-18+. The Kier molecular flexibility index (Phi) is 5.40. The summed E-state index contributed by atoms with van der Waals surface area (Å²) in [4.78, 5) is 2.37. The second-order valence-electron chi connectivity index (χ2n) is 5.73. The van der Waals surface area contributed by atoms with E-state index in [0.29, 0.717) is 0 Å². The van der Waals surface area contributed by atoms with Gasteiger partial charge in [-0.25, -0.2) is 0 Å². The van der Waals surface area contributed by atoms with Gasteiger partial charge in [0.15, 0.2) is 0 Å². The SMILES string of the molecule is O/N=C(\CCN1CCOC(c2ccccc2)C1)c1ccccc1. The molecule has 2 aromatic carbocycles. The van der Waals surface area contributed by atoms with Crippen molar-refractivity contribution in [2.45, 2.75) is 12.5 Å². The van der Waals surface area contributed by atoms with E-state index in [1.807, 2.05) is 48.5 Å². The monoisotopic (exact) mass is 310 g/mol. The Balaban J connectivity index is 1.58. The van der Waals surface area contributed by atoms with E-state index < -0.39 is 0 Å². The zero-order chi connectivity index (χ0) is 15.9. The van der Waals surface area contributed by atoms with Crippen molar-refractivity contribution < 1.29 is 9.94 Å². The van der Waals surface area contributed by atoms with Crippen LogP contribution in [0.15, 0.2) is 65.8 Å². The van der Waals surface area contributed by atoms with Crippen LogP contribution in [0.5, 0.6) is 0 Å². The van der Waals surface area contributed by atoms with E-state index in [0.717, 1.165) is 43.9 Å². The van der Waals surface area contributed by atoms with Crippen molar-refractivity contribution in [1.82, 2.24) is 4.90 Å². The molecule has 120 valence electrons. The molecule has 1 aliphatic heterocycles. The molecule has 3 rings (SSSR count). The first-order valence-corrected chi connectivity index (χ1v) is 8.02. The molecule has 4 heteroatoms. The fourth-order valence-corrected chi connectivity index (χ4v) is 2.92. The lowest BCUT2D eigenvalue weighted by molar-refractivity contribution is -0.0290. The van der Waals surface area contributed by atoms with Crippen molar-refractivity contribution in [1.29, 1.82) is 0 Å². The summed E-state index contributed by atoms with van der Waals surface area (Å²) >= 11 is 0. The van der Waals surface area contributed by atoms with Gasteiger partial charge in [-0.15, -0.1) is 0 Å². The van der Waals surface area contributed by atoms with Crippen LogP contribution in [0.1, 0.15) is 23.7 Å². The van der Waals surface area contributed by atoms with Crippen LogP contribution in [0.2, 0.25) is 0 Å². The van der Waals surface area contributed by atoms with Gasteiger partial charge in [0.2, 0.25) is 0 Å². The zero-order valence-electron chi connectivity index (χ0n) is 13.1. The summed E-state index contributed by atoms with van der Waals surface area (Å²) in [5, 5.41) is 12.8. The van der Waals surface area contributed by atoms with E-state index in [1.165, 1.54) is 5.56 Å². The molecule has 2 aromatic rings. The highest BCUT2D eigenvalue weighted by Gasteiger charge is 2.22. The zero-order valence-corrected chi connectivity index (χ0v) is 13.1. The third-order valence-electron chi connectivity index (χ3n) is 4.21. The fraction of sp³-hybridized carbons (Fsp3) is 0.316. The maximum absolute atomic E-state index is 9.28. The van der Waals surface area contributed by atoms with Crippen molar-refractivity contribution in [2.75, 3.05) is 26.2 Å². The quantitative estimate of drug-likeness (QED) is 0.523. The fourth-order valence-electron chi connectivity index (χ4n) is 2.92. The highest BCUT2D eigenvalue weighted by atomic mass is 16.5. The predicted molar refractivity (Wildman–Crippen MR) is 91.0 cm³/mol. The van der Waals surface area contributed by atoms with Gasteiger partial charge in [0.1, 0.15) is 0 Å². The molecule has 4 nitrogen and oxygen atoms in total. The van der Waals surface area contributed by atoms with Gasteiger partial charge in [-0.05, 0) is 11.1 Å². The van der Waals surface area contributed by atoms with E-state index in [1.54, 1.807) is 0 Å². The number of morpholine rings is 1. The molecule has 1 saturated heterocycles. The molecule has 0 aromatic heterocycles. The molecule has 0 spiro atoms. The molecule has 1 aliphatic rings. The van der Waals surface area contributed by atoms with Crippen LogP contribution in [0.25, 0.3) is 0 Å². The lowest BCUT2D eigenvalue weighted by Crippen LogP contribution is -2.39. The van der Waals surface area contributed by atoms with Gasteiger partial charge in [0.25, 0.3) is 0 Å². The number of hydrogen-bond acceptors (Lipinski definition) is 4. The largest absolute Gasteiger partial charge is 0.411 e. The van der Waals surface area contributed by atoms with Crippen LogP contribution in [-0.4, -0.2) is 42.1 Å². The number of rotatable bonds is 5. The molecule has 0 amide bonds. The summed E-state index contributed by atoms with van der Waals surface area (Å²) in [5.41, 5.74) is 2.92. The van der Waals surface area contributed by atoms with Gasteiger partial charge in [0, 0.05) is 26.1 Å². The molecular weight excluding hydrogens is 288 g/mol. The third kappa shape index (κ3) is 4.18. The lowest BCUT2D eigenvalue weighted by Gasteiger charge is -2.33. The van der Waals surface area contributed by atoms with Gasteiger partial charge in [-0.3, -0.25) is 4.90 Å². The summed E-state index contributed by atoms with van der Waals surface area (Å²) in [7, 11) is 0. The predicted octanol–water partition coefficient (Wildman–Crippen LogP) is 3.33. The van der Waals surface area contributed by atoms with Crippen LogP contribution in [-0.2, 0) is 4.74 Å². The number of oxime groups is 1. The topological polar surface area (TPSA) is 45.1 Å². The molecule has 1 unspecified atom stereocenters. The molecule has 0 bridgehead atoms. The Morgan fingerprint density at radius 2 is 1.78 bits per heavy atom. The van der Waals surface area contributed by atoms with Crippen molar-refractivity contribution in [2.24, 2.45) is 5.16 Å². The number of ether oxygens (including phenoxy) is 1. The summed E-state index contributed by atoms with van der Waals surface area (Å²) in [5.74, 6) is 0. The van der Waals surface area contributed by atoms with Gasteiger partial charge in [-0.1, -0.05) is 65.8 Å². The van der Waals surface area contributed by atoms with Crippen molar-refractivity contribution >= 4 is 5.71 Å². The Labute approximate surface area is 137 Å². The summed E-state index contributed by atoms with van der Waals surface area (Å²) in [6.07, 6.45) is 0.846. The summed E-state index contributed by atoms with van der Waals surface area (Å²) < 4.78 is 5.89. The minimum absolute atomic E-state index is 0.121. The van der Waals surface area contributed by atoms with E-state index in [-0.39, 0.29) is 6.10 Å². The number of nitrogens with zero attached hydrogens (tertiary/aromatic N) is 2. The van der Waals surface area contributed by atoms with Gasteiger partial charge in [0.05, 0.1) is 18.4 Å². The first-order valence-electron chi connectivity index (χ1n) is 8.02. The molecule has 1 N–H and O–H groups in total. The first-order chi connectivity index (χ1) is 11.4. The minimum Gasteiger partial charge on any atom is -0.411 e. The van der Waals surface area contributed by atoms with Crippen LogP contribution in [0.3, 0.4) is 0 Å². The Morgan fingerprint density at radius 1 is 1.09 bits per heavy atom. The summed E-state index contributed by atoms with van der Waals surface area (Å²) in [6.45, 7) is 3.38. The van der Waals surface area contributed by atoms with Crippen molar-refractivity contribution in [3.8, 4) is 0 Å². The van der Waals surface area contributed by atoms with Gasteiger partial charge >= 0.3 is 0 Å². The van der Waals surface area contributed by atoms with Crippen LogP contribution >= 0.6 is 0 Å². The molecule has 23 heavy (non-hydrogen) atoms. The lowest BCUT2D eigenvalue weighted by atomic mass is 10.1. The van der Waals surface area contributed by atoms with Gasteiger partial charge in [-0.2, -0.15) is 0 Å². The van der Waals surface area contributed by atoms with E-state index >= 15 is 0 Å². The minimum atomic E-state index is 0.121. The smallest absolute Gasteiger partial charge is 0.0952 e. The molecule has 1 fully saturated rings. The highest BCUT2D eigenvalue weighted by molar-refractivity contribution is 6.00. The average Bonchev–Trinajstić information content (AvgIpc) is 2.64. The van der Waals surface area contributed by atoms with E-state index in [4.69, 9.17) is 4.74 Å². The Hall–Kier alpha value is -2.17. The van der Waals surface area contributed by atoms with Crippen LogP contribution in [0.4, 0.5) is 0 Å². The second kappa shape index (κ2) is 7.90. The third-order valence-corrected chi connectivity index (χ3v) is 4.21. The highest BCUT2D eigenvalue weighted by Crippen LogP contribution is 2.22. The Morgan fingerprint density at radius 3 is 2.48 bits per heavy atom. The van der Waals surface area contributed by atoms with E-state index in [9.17, 15) is 5.21 Å². The average molecular weight is 310 g/mol. The molecular formula is C19H22N2O2. The summed E-state index contributed by atoms with van der Waals surface area (Å²) in [6, 6.07) is 20.2. The molecule has 0 radical (unpaired) electrons. The Bertz CT molecular complexity index is 628. The van der Waals surface area contributed by atoms with Crippen LogP contribution < -0.4 is 0 Å². The number of benzene rings is 2. The maximum Gasteiger partial charge on any atom is 0.0952 e. The van der Waals surface area contributed by atoms with Crippen LogP contribution in [0, 0.1) is 0 Å². The van der Waals surface area contributed by atoms with Crippen molar-refractivity contribution in [3.05, 3.63) is 71.8 Å². The van der Waals surface area contributed by atoms with E-state index in [2.05, 4.69) is 22.2 Å². The molecule has 1 atom stereocenters. The molecule has 1 heterocycles. The second-order valence-corrected chi connectivity index (χ2v) is 5.73.